The maximum atomic E-state index is 11.9. The third-order valence-corrected chi connectivity index (χ3v) is 5.19. The highest BCUT2D eigenvalue weighted by molar-refractivity contribution is 5.80. The van der Waals surface area contributed by atoms with E-state index in [0.29, 0.717) is 24.5 Å². The van der Waals surface area contributed by atoms with Crippen LogP contribution in [0.1, 0.15) is 45.4 Å². The Balaban J connectivity index is 1.71. The molecule has 0 aliphatic heterocycles. The van der Waals surface area contributed by atoms with Gasteiger partial charge in [-0.2, -0.15) is 0 Å². The molecule has 0 radical (unpaired) electrons. The number of carbonyl (C=O) groups is 1. The zero-order chi connectivity index (χ0) is 13.6. The first-order valence-corrected chi connectivity index (χ1v) is 7.74. The lowest BCUT2D eigenvalue weighted by Crippen LogP contribution is -2.62. The second-order valence-electron chi connectivity index (χ2n) is 6.96. The lowest BCUT2D eigenvalue weighted by Gasteiger charge is -2.37. The first kappa shape index (κ1) is 13.4. The van der Waals surface area contributed by atoms with Crippen molar-refractivity contribution in [3.63, 3.8) is 0 Å². The van der Waals surface area contributed by atoms with Crippen molar-refractivity contribution in [1.82, 2.24) is 10.2 Å². The van der Waals surface area contributed by atoms with E-state index in [2.05, 4.69) is 24.2 Å². The van der Waals surface area contributed by atoms with E-state index in [1.54, 1.807) is 0 Å². The maximum absolute atomic E-state index is 11.9. The standard InChI is InChI=1S/C15H26N2O2/c1-10(11-3-4-11)17(2)9-15(14(18)19,12-5-6-12)16-13-7-8-13/h10-13,16H,3-9H2,1-2H3,(H,18,19). The molecule has 3 aliphatic rings. The van der Waals surface area contributed by atoms with E-state index < -0.39 is 11.5 Å². The minimum Gasteiger partial charge on any atom is -0.480 e. The van der Waals surface area contributed by atoms with Gasteiger partial charge in [0.05, 0.1) is 0 Å². The molecule has 2 unspecified atom stereocenters. The average Bonchev–Trinajstić information content (AvgIpc) is 3.22. The molecule has 108 valence electrons. The number of likely N-dealkylation sites (N-methyl/N-ethyl adjacent to an activating group) is 1. The SMILES string of the molecule is CC(C1CC1)N(C)CC(NC1CC1)(C(=O)O)C1CC1. The van der Waals surface area contributed by atoms with Crippen molar-refractivity contribution in [2.75, 3.05) is 13.6 Å². The van der Waals surface area contributed by atoms with E-state index in [9.17, 15) is 9.90 Å². The second-order valence-corrected chi connectivity index (χ2v) is 6.96. The summed E-state index contributed by atoms with van der Waals surface area (Å²) < 4.78 is 0. The summed E-state index contributed by atoms with van der Waals surface area (Å²) in [6, 6.07) is 0.958. The Bertz CT molecular complexity index is 361. The number of hydrogen-bond donors (Lipinski definition) is 2. The Morgan fingerprint density at radius 3 is 2.37 bits per heavy atom. The average molecular weight is 266 g/mol. The Hall–Kier alpha value is -0.610. The minimum absolute atomic E-state index is 0.333. The number of aliphatic carboxylic acids is 1. The van der Waals surface area contributed by atoms with Gasteiger partial charge in [-0.05, 0) is 64.3 Å². The molecular formula is C15H26N2O2. The molecule has 0 spiro atoms. The summed E-state index contributed by atoms with van der Waals surface area (Å²) in [7, 11) is 2.09. The van der Waals surface area contributed by atoms with Crippen molar-refractivity contribution >= 4 is 5.97 Å². The van der Waals surface area contributed by atoms with Crippen molar-refractivity contribution in [1.29, 1.82) is 0 Å². The van der Waals surface area contributed by atoms with E-state index in [4.69, 9.17) is 0 Å². The quantitative estimate of drug-likeness (QED) is 0.702. The van der Waals surface area contributed by atoms with Gasteiger partial charge in [0.25, 0.3) is 0 Å². The highest BCUT2D eigenvalue weighted by Crippen LogP contribution is 2.43. The number of carboxylic acid groups (broad SMARTS) is 1. The summed E-state index contributed by atoms with van der Waals surface area (Å²) >= 11 is 0. The molecule has 0 aromatic heterocycles. The van der Waals surface area contributed by atoms with E-state index in [1.165, 1.54) is 12.8 Å². The van der Waals surface area contributed by atoms with Crippen molar-refractivity contribution in [2.24, 2.45) is 11.8 Å². The molecule has 3 aliphatic carbocycles. The topological polar surface area (TPSA) is 52.6 Å². The molecule has 19 heavy (non-hydrogen) atoms. The van der Waals surface area contributed by atoms with E-state index in [0.717, 1.165) is 31.6 Å². The van der Waals surface area contributed by atoms with Crippen LogP contribution in [-0.2, 0) is 4.79 Å². The fourth-order valence-electron chi connectivity index (χ4n) is 3.24. The molecule has 0 saturated heterocycles. The van der Waals surface area contributed by atoms with E-state index >= 15 is 0 Å². The second kappa shape index (κ2) is 4.74. The van der Waals surface area contributed by atoms with Gasteiger partial charge in [0.1, 0.15) is 5.54 Å². The van der Waals surface area contributed by atoms with Gasteiger partial charge in [-0.25, -0.2) is 0 Å². The van der Waals surface area contributed by atoms with Gasteiger partial charge in [0.2, 0.25) is 0 Å². The Labute approximate surface area is 115 Å². The molecule has 4 nitrogen and oxygen atoms in total. The molecular weight excluding hydrogens is 240 g/mol. The molecule has 3 rings (SSSR count). The normalized spacial score (nSPS) is 28.2. The lowest BCUT2D eigenvalue weighted by atomic mass is 9.91. The van der Waals surface area contributed by atoms with Crippen molar-refractivity contribution in [3.05, 3.63) is 0 Å². The molecule has 0 amide bonds. The molecule has 3 saturated carbocycles. The van der Waals surface area contributed by atoms with Crippen LogP contribution < -0.4 is 5.32 Å². The van der Waals surface area contributed by atoms with Crippen LogP contribution in [0.4, 0.5) is 0 Å². The Kier molecular flexibility index (Phi) is 3.34. The fraction of sp³-hybridized carbons (Fsp3) is 0.933. The Morgan fingerprint density at radius 1 is 1.32 bits per heavy atom. The molecule has 0 aromatic carbocycles. The largest absolute Gasteiger partial charge is 0.480 e. The number of hydrogen-bond acceptors (Lipinski definition) is 3. The number of carboxylic acids is 1. The summed E-state index contributed by atoms with van der Waals surface area (Å²) in [5.74, 6) is 0.479. The first-order valence-electron chi connectivity index (χ1n) is 7.74. The van der Waals surface area contributed by atoms with Crippen LogP contribution in [0.25, 0.3) is 0 Å². The van der Waals surface area contributed by atoms with Gasteiger partial charge in [-0.1, -0.05) is 0 Å². The molecule has 0 bridgehead atoms. The first-order chi connectivity index (χ1) is 9.03. The summed E-state index contributed by atoms with van der Waals surface area (Å²) in [5, 5.41) is 13.3. The zero-order valence-electron chi connectivity index (χ0n) is 12.1. The van der Waals surface area contributed by atoms with Crippen LogP contribution in [0, 0.1) is 11.8 Å². The van der Waals surface area contributed by atoms with Crippen molar-refractivity contribution in [3.8, 4) is 0 Å². The van der Waals surface area contributed by atoms with E-state index in [1.807, 2.05) is 0 Å². The predicted molar refractivity (Wildman–Crippen MR) is 74.1 cm³/mol. The maximum Gasteiger partial charge on any atom is 0.325 e. The molecule has 3 fully saturated rings. The van der Waals surface area contributed by atoms with E-state index in [-0.39, 0.29) is 0 Å². The monoisotopic (exact) mass is 266 g/mol. The van der Waals surface area contributed by atoms with Crippen LogP contribution in [-0.4, -0.2) is 47.2 Å². The van der Waals surface area contributed by atoms with Gasteiger partial charge in [-0.3, -0.25) is 10.1 Å². The van der Waals surface area contributed by atoms with Crippen molar-refractivity contribution < 1.29 is 9.90 Å². The molecule has 4 heteroatoms. The smallest absolute Gasteiger partial charge is 0.325 e. The third-order valence-electron chi connectivity index (χ3n) is 5.19. The third kappa shape index (κ3) is 2.79. The lowest BCUT2D eigenvalue weighted by molar-refractivity contribution is -0.147. The number of nitrogens with zero attached hydrogens (tertiary/aromatic N) is 1. The van der Waals surface area contributed by atoms with Gasteiger partial charge in [-0.15, -0.1) is 0 Å². The summed E-state index contributed by atoms with van der Waals surface area (Å²) in [4.78, 5) is 14.2. The van der Waals surface area contributed by atoms with Gasteiger partial charge < -0.3 is 10.0 Å². The van der Waals surface area contributed by atoms with Crippen LogP contribution in [0.15, 0.2) is 0 Å². The number of rotatable bonds is 8. The van der Waals surface area contributed by atoms with Gasteiger partial charge in [0.15, 0.2) is 0 Å². The predicted octanol–water partition coefficient (Wildman–Crippen LogP) is 1.70. The van der Waals surface area contributed by atoms with Crippen molar-refractivity contribution in [2.45, 2.75) is 63.1 Å². The van der Waals surface area contributed by atoms with Crippen LogP contribution >= 0.6 is 0 Å². The minimum atomic E-state index is -0.695. The Morgan fingerprint density at radius 2 is 1.95 bits per heavy atom. The zero-order valence-corrected chi connectivity index (χ0v) is 12.1. The number of nitrogens with one attached hydrogen (secondary N) is 1. The van der Waals surface area contributed by atoms with Crippen LogP contribution in [0.5, 0.6) is 0 Å². The molecule has 0 heterocycles. The summed E-state index contributed by atoms with van der Waals surface area (Å²) in [6.45, 7) is 2.90. The highest BCUT2D eigenvalue weighted by Gasteiger charge is 2.54. The molecule has 2 N–H and O–H groups in total. The summed E-state index contributed by atoms with van der Waals surface area (Å²) in [5.41, 5.74) is -0.695. The van der Waals surface area contributed by atoms with Crippen LogP contribution in [0.3, 0.4) is 0 Å². The van der Waals surface area contributed by atoms with Gasteiger partial charge in [0, 0.05) is 18.6 Å². The molecule has 0 aromatic rings. The van der Waals surface area contributed by atoms with Crippen LogP contribution in [0.2, 0.25) is 0 Å². The summed E-state index contributed by atoms with van der Waals surface area (Å²) in [6.07, 6.45) is 7.04. The van der Waals surface area contributed by atoms with Gasteiger partial charge >= 0.3 is 5.97 Å². The highest BCUT2D eigenvalue weighted by atomic mass is 16.4. The fourth-order valence-corrected chi connectivity index (χ4v) is 3.24. The molecule has 2 atom stereocenters.